The van der Waals surface area contributed by atoms with Gasteiger partial charge in [-0.2, -0.15) is 23.5 Å². The van der Waals surface area contributed by atoms with Gasteiger partial charge in [0.15, 0.2) is 6.10 Å². The molecule has 0 saturated heterocycles. The lowest BCUT2D eigenvalue weighted by Gasteiger charge is -2.17. The highest BCUT2D eigenvalue weighted by Crippen LogP contribution is 2.34. The molecule has 3 rings (SSSR count). The number of carbonyl (C=O) groups excluding carboxylic acids is 1. The fourth-order valence-corrected chi connectivity index (χ4v) is 2.76. The molecule has 0 aliphatic carbocycles. The summed E-state index contributed by atoms with van der Waals surface area (Å²) >= 11 is 0. The minimum absolute atomic E-state index is 0.0875. The standard InChI is InChI=1S/C21H17F3N4O2/c1-13-11-19(28(27-13)18-6-4-3-5-17(18)21(22,23)24)26-20(29)14(2)30-16-9-7-15(12-25)8-10-16/h3-11,14H,1-2H3,(H,26,29). The Morgan fingerprint density at radius 3 is 2.50 bits per heavy atom. The van der Waals surface area contributed by atoms with Crippen LogP contribution < -0.4 is 10.1 Å². The predicted octanol–water partition coefficient (Wildman–Crippen LogP) is 4.48. The lowest BCUT2D eigenvalue weighted by atomic mass is 10.1. The molecule has 3 aromatic rings. The van der Waals surface area contributed by atoms with Gasteiger partial charge < -0.3 is 10.1 Å². The van der Waals surface area contributed by atoms with Crippen LogP contribution in [0.4, 0.5) is 19.0 Å². The van der Waals surface area contributed by atoms with E-state index in [9.17, 15) is 18.0 Å². The van der Waals surface area contributed by atoms with Gasteiger partial charge in [0.25, 0.3) is 5.91 Å². The van der Waals surface area contributed by atoms with E-state index < -0.39 is 23.8 Å². The quantitative estimate of drug-likeness (QED) is 0.668. The number of aryl methyl sites for hydroxylation is 1. The number of nitrogens with zero attached hydrogens (tertiary/aromatic N) is 3. The summed E-state index contributed by atoms with van der Waals surface area (Å²) in [6, 6.07) is 14.6. The number of aromatic nitrogens is 2. The van der Waals surface area contributed by atoms with Gasteiger partial charge in [-0.3, -0.25) is 4.79 Å². The molecule has 0 aliphatic heterocycles. The van der Waals surface area contributed by atoms with E-state index in [4.69, 9.17) is 10.00 Å². The molecule has 9 heteroatoms. The Balaban J connectivity index is 1.83. The van der Waals surface area contributed by atoms with Crippen molar-refractivity contribution in [2.45, 2.75) is 26.1 Å². The molecule has 1 heterocycles. The topological polar surface area (TPSA) is 79.9 Å². The summed E-state index contributed by atoms with van der Waals surface area (Å²) in [7, 11) is 0. The summed E-state index contributed by atoms with van der Waals surface area (Å²) in [5, 5.41) is 15.5. The maximum absolute atomic E-state index is 13.4. The van der Waals surface area contributed by atoms with E-state index in [0.29, 0.717) is 17.0 Å². The van der Waals surface area contributed by atoms with Gasteiger partial charge in [-0.05, 0) is 50.2 Å². The first-order valence-electron chi connectivity index (χ1n) is 8.90. The molecule has 1 unspecified atom stereocenters. The maximum Gasteiger partial charge on any atom is 0.418 e. The number of alkyl halides is 3. The van der Waals surface area contributed by atoms with Gasteiger partial charge in [0.2, 0.25) is 0 Å². The number of ether oxygens (including phenoxy) is 1. The molecule has 1 N–H and O–H groups in total. The molecule has 154 valence electrons. The molecule has 0 aliphatic rings. The van der Waals surface area contributed by atoms with Gasteiger partial charge in [-0.15, -0.1) is 0 Å². The minimum Gasteiger partial charge on any atom is -0.481 e. The molecule has 1 amide bonds. The summed E-state index contributed by atoms with van der Waals surface area (Å²) in [4.78, 5) is 12.6. The van der Waals surface area contributed by atoms with Crippen LogP contribution in [0.25, 0.3) is 5.69 Å². The van der Waals surface area contributed by atoms with Crippen molar-refractivity contribution in [2.75, 3.05) is 5.32 Å². The maximum atomic E-state index is 13.4. The minimum atomic E-state index is -4.58. The van der Waals surface area contributed by atoms with E-state index in [-0.39, 0.29) is 11.5 Å². The van der Waals surface area contributed by atoms with E-state index >= 15 is 0 Å². The van der Waals surface area contributed by atoms with Gasteiger partial charge in [-0.1, -0.05) is 12.1 Å². The summed E-state index contributed by atoms with van der Waals surface area (Å²) in [5.74, 6) is -0.0989. The Kier molecular flexibility index (Phi) is 5.78. The number of benzene rings is 2. The molecule has 0 spiro atoms. The number of hydrogen-bond acceptors (Lipinski definition) is 4. The van der Waals surface area contributed by atoms with Crippen molar-refractivity contribution in [3.63, 3.8) is 0 Å². The molecular formula is C21H17F3N4O2. The zero-order chi connectivity index (χ0) is 21.9. The third-order valence-corrected chi connectivity index (χ3v) is 4.19. The fraction of sp³-hybridized carbons (Fsp3) is 0.190. The second-order valence-corrected chi connectivity index (χ2v) is 6.48. The van der Waals surface area contributed by atoms with Crippen molar-refractivity contribution in [3.8, 4) is 17.5 Å². The number of rotatable bonds is 5. The normalized spacial score (nSPS) is 12.1. The first kappa shape index (κ1) is 20.9. The Morgan fingerprint density at radius 1 is 1.20 bits per heavy atom. The second-order valence-electron chi connectivity index (χ2n) is 6.48. The number of carbonyl (C=O) groups is 1. The lowest BCUT2D eigenvalue weighted by molar-refractivity contribution is -0.137. The van der Waals surface area contributed by atoms with Gasteiger partial charge >= 0.3 is 6.18 Å². The highest BCUT2D eigenvalue weighted by Gasteiger charge is 2.34. The zero-order valence-corrected chi connectivity index (χ0v) is 16.1. The first-order valence-corrected chi connectivity index (χ1v) is 8.90. The number of amides is 1. The lowest BCUT2D eigenvalue weighted by Crippen LogP contribution is -2.31. The predicted molar refractivity (Wildman–Crippen MR) is 103 cm³/mol. The van der Waals surface area contributed by atoms with Gasteiger partial charge in [-0.25, -0.2) is 4.68 Å². The number of halogens is 3. The number of anilines is 1. The monoisotopic (exact) mass is 414 g/mol. The van der Waals surface area contributed by atoms with Gasteiger partial charge in [0.05, 0.1) is 28.6 Å². The first-order chi connectivity index (χ1) is 14.2. The molecule has 0 saturated carbocycles. The third-order valence-electron chi connectivity index (χ3n) is 4.19. The molecule has 6 nitrogen and oxygen atoms in total. The van der Waals surface area contributed by atoms with Crippen LogP contribution in [0.5, 0.6) is 5.75 Å². The molecule has 1 aromatic heterocycles. The fourth-order valence-electron chi connectivity index (χ4n) is 2.76. The van der Waals surface area contributed by atoms with Crippen molar-refractivity contribution >= 4 is 11.7 Å². The largest absolute Gasteiger partial charge is 0.481 e. The SMILES string of the molecule is Cc1cc(NC(=O)C(C)Oc2ccc(C#N)cc2)n(-c2ccccc2C(F)(F)F)n1. The van der Waals surface area contributed by atoms with Gasteiger partial charge in [0, 0.05) is 6.07 Å². The molecular weight excluding hydrogens is 397 g/mol. The summed E-state index contributed by atoms with van der Waals surface area (Å²) in [6.45, 7) is 3.11. The van der Waals surface area contributed by atoms with Crippen molar-refractivity contribution in [3.05, 3.63) is 71.4 Å². The van der Waals surface area contributed by atoms with Crippen LogP contribution in [-0.4, -0.2) is 21.8 Å². The number of nitriles is 1. The Labute approximate surface area is 170 Å². The van der Waals surface area contributed by atoms with E-state index in [0.717, 1.165) is 10.7 Å². The van der Waals surface area contributed by atoms with Crippen LogP contribution in [0.1, 0.15) is 23.7 Å². The van der Waals surface area contributed by atoms with Crippen LogP contribution in [0, 0.1) is 18.3 Å². The highest BCUT2D eigenvalue weighted by atomic mass is 19.4. The average Bonchev–Trinajstić information content (AvgIpc) is 3.07. The van der Waals surface area contributed by atoms with Crippen LogP contribution in [0.2, 0.25) is 0 Å². The average molecular weight is 414 g/mol. The van der Waals surface area contributed by atoms with Crippen LogP contribution in [0.15, 0.2) is 54.6 Å². The zero-order valence-electron chi connectivity index (χ0n) is 16.1. The van der Waals surface area contributed by atoms with Gasteiger partial charge in [0.1, 0.15) is 11.6 Å². The smallest absolute Gasteiger partial charge is 0.418 e. The van der Waals surface area contributed by atoms with E-state index in [1.54, 1.807) is 31.2 Å². The Bertz CT molecular complexity index is 1100. The molecule has 0 fully saturated rings. The summed E-state index contributed by atoms with van der Waals surface area (Å²) in [5.41, 5.74) is -0.190. The van der Waals surface area contributed by atoms with Crippen molar-refractivity contribution in [2.24, 2.45) is 0 Å². The van der Waals surface area contributed by atoms with E-state index in [1.165, 1.54) is 31.2 Å². The van der Waals surface area contributed by atoms with E-state index in [1.807, 2.05) is 6.07 Å². The Morgan fingerprint density at radius 2 is 1.87 bits per heavy atom. The molecule has 0 radical (unpaired) electrons. The third kappa shape index (κ3) is 4.60. The number of hydrogen-bond donors (Lipinski definition) is 1. The Hall–Kier alpha value is -3.80. The molecule has 1 atom stereocenters. The van der Waals surface area contributed by atoms with Crippen molar-refractivity contribution in [1.29, 1.82) is 5.26 Å². The number of nitrogens with one attached hydrogen (secondary N) is 1. The molecule has 2 aromatic carbocycles. The van der Waals surface area contributed by atoms with E-state index in [2.05, 4.69) is 10.4 Å². The van der Waals surface area contributed by atoms with Crippen LogP contribution >= 0.6 is 0 Å². The summed E-state index contributed by atoms with van der Waals surface area (Å²) in [6.07, 6.45) is -5.52. The van der Waals surface area contributed by atoms with Crippen molar-refractivity contribution in [1.82, 2.24) is 9.78 Å². The van der Waals surface area contributed by atoms with Crippen LogP contribution in [-0.2, 0) is 11.0 Å². The summed E-state index contributed by atoms with van der Waals surface area (Å²) < 4.78 is 46.8. The number of para-hydroxylation sites is 1. The second kappa shape index (κ2) is 8.29. The van der Waals surface area contributed by atoms with Crippen molar-refractivity contribution < 1.29 is 22.7 Å². The van der Waals surface area contributed by atoms with Crippen LogP contribution in [0.3, 0.4) is 0 Å². The molecule has 0 bridgehead atoms. The highest BCUT2D eigenvalue weighted by molar-refractivity contribution is 5.93. The molecule has 30 heavy (non-hydrogen) atoms.